The molecule has 6 nitrogen and oxygen atoms in total. The smallest absolute Gasteiger partial charge is 0.344 e. The molecular weight excluding hydrogens is 364 g/mol. The number of rotatable bonds is 7. The molecule has 0 atom stereocenters. The van der Waals surface area contributed by atoms with E-state index >= 15 is 0 Å². The van der Waals surface area contributed by atoms with Crippen molar-refractivity contribution in [2.75, 3.05) is 13.2 Å². The third kappa shape index (κ3) is 5.85. The maximum atomic E-state index is 12.7. The minimum absolute atomic E-state index is 0.0305. The van der Waals surface area contributed by atoms with E-state index in [-0.39, 0.29) is 24.6 Å². The molecular formula is C20H26N2O4S. The van der Waals surface area contributed by atoms with Crippen molar-refractivity contribution in [1.82, 2.24) is 4.90 Å². The van der Waals surface area contributed by atoms with Crippen LogP contribution in [0, 0.1) is 0 Å². The van der Waals surface area contributed by atoms with Crippen molar-refractivity contribution in [1.29, 1.82) is 0 Å². The van der Waals surface area contributed by atoms with E-state index < -0.39 is 5.97 Å². The molecule has 1 amide bonds. The number of benzene rings is 1. The molecule has 0 N–H and O–H groups in total. The average Bonchev–Trinajstić information content (AvgIpc) is 2.89. The summed E-state index contributed by atoms with van der Waals surface area (Å²) in [7, 11) is 0. The van der Waals surface area contributed by atoms with Crippen LogP contribution in [0.15, 0.2) is 34.2 Å². The predicted octanol–water partition coefficient (Wildman–Crippen LogP) is 3.72. The second-order valence-electron chi connectivity index (χ2n) is 6.55. The molecule has 1 fully saturated rings. The van der Waals surface area contributed by atoms with Gasteiger partial charge in [-0.05, 0) is 70.2 Å². The first-order chi connectivity index (χ1) is 12.8. The molecule has 7 heteroatoms. The van der Waals surface area contributed by atoms with Gasteiger partial charge < -0.3 is 9.47 Å². The standard InChI is InChI=1S/C20H26N2O4S/c1-6-25-18(23)12-26-16-9-7-15(8-10-16)11-17-19(24)22(14(4)5)20(27-17)21-13(2)3/h7-11,13-14H,6,12H2,1-5H3/b17-11+,21-20?. The average molecular weight is 391 g/mol. The highest BCUT2D eigenvalue weighted by atomic mass is 32.2. The van der Waals surface area contributed by atoms with Crippen LogP contribution in [0.2, 0.25) is 0 Å². The lowest BCUT2D eigenvalue weighted by Crippen LogP contribution is -2.35. The zero-order chi connectivity index (χ0) is 20.0. The Hall–Kier alpha value is -2.28. The highest BCUT2D eigenvalue weighted by molar-refractivity contribution is 8.18. The molecule has 0 saturated carbocycles. The summed E-state index contributed by atoms with van der Waals surface area (Å²) < 4.78 is 10.2. The number of ether oxygens (including phenoxy) is 2. The van der Waals surface area contributed by atoms with Crippen LogP contribution >= 0.6 is 11.8 Å². The van der Waals surface area contributed by atoms with E-state index in [2.05, 4.69) is 4.99 Å². The number of amides is 1. The van der Waals surface area contributed by atoms with Gasteiger partial charge in [0.15, 0.2) is 11.8 Å². The lowest BCUT2D eigenvalue weighted by molar-refractivity contribution is -0.145. The van der Waals surface area contributed by atoms with Crippen LogP contribution < -0.4 is 4.74 Å². The summed E-state index contributed by atoms with van der Waals surface area (Å²) in [6.07, 6.45) is 1.85. The molecule has 0 radical (unpaired) electrons. The number of carbonyl (C=O) groups is 2. The summed E-state index contributed by atoms with van der Waals surface area (Å²) in [5, 5.41) is 0.741. The van der Waals surface area contributed by atoms with Crippen molar-refractivity contribution in [3.8, 4) is 5.75 Å². The van der Waals surface area contributed by atoms with Gasteiger partial charge in [0.05, 0.1) is 11.5 Å². The van der Waals surface area contributed by atoms with E-state index in [9.17, 15) is 9.59 Å². The minimum atomic E-state index is -0.401. The van der Waals surface area contributed by atoms with E-state index in [1.54, 1.807) is 24.0 Å². The lowest BCUT2D eigenvalue weighted by atomic mass is 10.2. The Morgan fingerprint density at radius 2 is 1.89 bits per heavy atom. The van der Waals surface area contributed by atoms with E-state index in [4.69, 9.17) is 9.47 Å². The van der Waals surface area contributed by atoms with Gasteiger partial charge in [-0.25, -0.2) is 4.79 Å². The fourth-order valence-corrected chi connectivity index (χ4v) is 3.64. The van der Waals surface area contributed by atoms with Crippen molar-refractivity contribution in [2.24, 2.45) is 4.99 Å². The fourth-order valence-electron chi connectivity index (χ4n) is 2.41. The van der Waals surface area contributed by atoms with Crippen molar-refractivity contribution >= 4 is 34.9 Å². The molecule has 1 aliphatic heterocycles. The van der Waals surface area contributed by atoms with Gasteiger partial charge in [0, 0.05) is 12.1 Å². The number of hydrogen-bond donors (Lipinski definition) is 0. The van der Waals surface area contributed by atoms with Crippen molar-refractivity contribution in [3.63, 3.8) is 0 Å². The normalized spacial score (nSPS) is 17.4. The largest absolute Gasteiger partial charge is 0.482 e. The van der Waals surface area contributed by atoms with E-state index in [1.807, 2.05) is 45.9 Å². The van der Waals surface area contributed by atoms with E-state index in [1.165, 1.54) is 11.8 Å². The Morgan fingerprint density at radius 1 is 1.22 bits per heavy atom. The zero-order valence-corrected chi connectivity index (χ0v) is 17.2. The summed E-state index contributed by atoms with van der Waals surface area (Å²) in [4.78, 5) is 31.0. The maximum absolute atomic E-state index is 12.7. The number of aliphatic imine (C=N–C) groups is 1. The Morgan fingerprint density at radius 3 is 2.44 bits per heavy atom. The van der Waals surface area contributed by atoms with Crippen LogP contribution in [0.5, 0.6) is 5.75 Å². The van der Waals surface area contributed by atoms with Crippen LogP contribution in [0.1, 0.15) is 40.2 Å². The Labute approximate surface area is 164 Å². The monoisotopic (exact) mass is 390 g/mol. The Balaban J connectivity index is 2.11. The molecule has 2 rings (SSSR count). The highest BCUT2D eigenvalue weighted by Crippen LogP contribution is 2.34. The minimum Gasteiger partial charge on any atom is -0.482 e. The van der Waals surface area contributed by atoms with Crippen LogP contribution in [-0.2, 0) is 14.3 Å². The van der Waals surface area contributed by atoms with Gasteiger partial charge >= 0.3 is 5.97 Å². The topological polar surface area (TPSA) is 68.2 Å². The van der Waals surface area contributed by atoms with Gasteiger partial charge in [-0.3, -0.25) is 14.7 Å². The van der Waals surface area contributed by atoms with Gasteiger partial charge in [0.25, 0.3) is 5.91 Å². The Kier molecular flexibility index (Phi) is 7.47. The third-order valence-corrected chi connectivity index (χ3v) is 4.56. The van der Waals surface area contributed by atoms with Crippen LogP contribution in [0.3, 0.4) is 0 Å². The molecule has 146 valence electrons. The number of thioether (sulfide) groups is 1. The number of amidine groups is 1. The predicted molar refractivity (Wildman–Crippen MR) is 109 cm³/mol. The van der Waals surface area contributed by atoms with Gasteiger partial charge in [0.1, 0.15) is 5.75 Å². The molecule has 0 aromatic heterocycles. The molecule has 27 heavy (non-hydrogen) atoms. The first kappa shape index (κ1) is 21.0. The molecule has 0 aliphatic carbocycles. The summed E-state index contributed by atoms with van der Waals surface area (Å²) in [6, 6.07) is 7.39. The molecule has 1 heterocycles. The van der Waals surface area contributed by atoms with E-state index in [0.717, 1.165) is 10.7 Å². The van der Waals surface area contributed by atoms with Crippen LogP contribution in [0.25, 0.3) is 6.08 Å². The number of carbonyl (C=O) groups excluding carboxylic acids is 2. The molecule has 1 aliphatic rings. The Bertz CT molecular complexity index is 739. The van der Waals surface area contributed by atoms with Crippen molar-refractivity contribution < 1.29 is 19.1 Å². The second kappa shape index (κ2) is 9.60. The second-order valence-corrected chi connectivity index (χ2v) is 7.56. The SMILES string of the molecule is CCOC(=O)COc1ccc(/C=C2/SC(=NC(C)C)N(C(C)C)C2=O)cc1. The molecule has 0 spiro atoms. The third-order valence-electron chi connectivity index (χ3n) is 3.56. The summed E-state index contributed by atoms with van der Waals surface area (Å²) in [5.74, 6) is 0.140. The van der Waals surface area contributed by atoms with Gasteiger partial charge in [0.2, 0.25) is 0 Å². The first-order valence-electron chi connectivity index (χ1n) is 9.01. The van der Waals surface area contributed by atoms with Crippen LogP contribution in [-0.4, -0.2) is 47.2 Å². The molecule has 1 aromatic carbocycles. The first-order valence-corrected chi connectivity index (χ1v) is 9.82. The maximum Gasteiger partial charge on any atom is 0.344 e. The van der Waals surface area contributed by atoms with Crippen LogP contribution in [0.4, 0.5) is 0 Å². The molecule has 0 unspecified atom stereocenters. The van der Waals surface area contributed by atoms with Crippen molar-refractivity contribution in [3.05, 3.63) is 34.7 Å². The van der Waals surface area contributed by atoms with Gasteiger partial charge in [-0.15, -0.1) is 0 Å². The molecule has 0 bridgehead atoms. The quantitative estimate of drug-likeness (QED) is 0.524. The summed E-state index contributed by atoms with van der Waals surface area (Å²) >= 11 is 1.40. The molecule has 1 aromatic rings. The van der Waals surface area contributed by atoms with E-state index in [0.29, 0.717) is 17.3 Å². The van der Waals surface area contributed by atoms with Gasteiger partial charge in [-0.2, -0.15) is 0 Å². The summed E-state index contributed by atoms with van der Waals surface area (Å²) in [6.45, 7) is 9.90. The highest BCUT2D eigenvalue weighted by Gasteiger charge is 2.35. The molecule has 1 saturated heterocycles. The van der Waals surface area contributed by atoms with Gasteiger partial charge in [-0.1, -0.05) is 12.1 Å². The van der Waals surface area contributed by atoms with Crippen molar-refractivity contribution in [2.45, 2.75) is 46.7 Å². The lowest BCUT2D eigenvalue weighted by Gasteiger charge is -2.20. The number of nitrogens with zero attached hydrogens (tertiary/aromatic N) is 2. The zero-order valence-electron chi connectivity index (χ0n) is 16.4. The summed E-state index contributed by atoms with van der Waals surface area (Å²) in [5.41, 5.74) is 0.879. The number of hydrogen-bond acceptors (Lipinski definition) is 6. The fraction of sp³-hybridized carbons (Fsp3) is 0.450. The number of esters is 1.